The minimum absolute atomic E-state index is 0.249. The van der Waals surface area contributed by atoms with Gasteiger partial charge in [-0.3, -0.25) is 9.59 Å². The van der Waals surface area contributed by atoms with Gasteiger partial charge in [-0.2, -0.15) is 0 Å². The number of Topliss-reactive ketones (excluding diaryl/α,β-unsaturated/α-hetero) is 1. The number of nitrogens with zero attached hydrogens (tertiary/aromatic N) is 1. The number of likely N-dealkylation sites (tertiary alicyclic amines) is 1. The zero-order valence-electron chi connectivity index (χ0n) is 25.2. The van der Waals surface area contributed by atoms with Crippen molar-refractivity contribution < 1.29 is 23.6 Å². The van der Waals surface area contributed by atoms with E-state index in [0.29, 0.717) is 19.4 Å². The Labute approximate surface area is 255 Å². The summed E-state index contributed by atoms with van der Waals surface area (Å²) in [5.41, 5.74) is 2.12. The highest BCUT2D eigenvalue weighted by atomic mass is 31.0. The molecule has 3 unspecified atom stereocenters. The number of aryl methyl sites for hydroxylation is 1. The molecule has 1 aliphatic rings. The Balaban J connectivity index is 1.43. The molecular weight excluding hydrogens is 545 g/mol. The number of ketones is 1. The van der Waals surface area contributed by atoms with E-state index in [1.54, 1.807) is 0 Å². The third kappa shape index (κ3) is 12.4. The molecule has 0 N–H and O–H groups in total. The molecule has 1 aliphatic heterocycles. The fourth-order valence-electron chi connectivity index (χ4n) is 5.69. The van der Waals surface area contributed by atoms with Crippen LogP contribution in [0.15, 0.2) is 60.7 Å². The highest BCUT2D eigenvalue weighted by Gasteiger charge is 2.36. The van der Waals surface area contributed by atoms with Crippen LogP contribution in [0.5, 0.6) is 0 Å². The van der Waals surface area contributed by atoms with Gasteiger partial charge in [0.05, 0.1) is 6.61 Å². The van der Waals surface area contributed by atoms with Crippen molar-refractivity contribution in [3.05, 3.63) is 71.8 Å². The summed E-state index contributed by atoms with van der Waals surface area (Å²) in [6.07, 6.45) is 14.7. The molecule has 0 aromatic heterocycles. The molecule has 0 radical (unpaired) electrons. The Bertz CT molecular complexity index is 1050. The number of unbranched alkanes of at least 4 members (excludes halogenated alkanes) is 9. The van der Waals surface area contributed by atoms with Crippen molar-refractivity contribution in [1.82, 2.24) is 4.90 Å². The molecule has 0 spiro atoms. The van der Waals surface area contributed by atoms with E-state index >= 15 is 0 Å². The van der Waals surface area contributed by atoms with Crippen LogP contribution in [0.1, 0.15) is 114 Å². The van der Waals surface area contributed by atoms with Crippen molar-refractivity contribution in [3.8, 4) is 0 Å². The summed E-state index contributed by atoms with van der Waals surface area (Å²) in [5.74, 6) is -1.31. The molecule has 0 aliphatic carbocycles. The summed E-state index contributed by atoms with van der Waals surface area (Å²) in [6.45, 7) is 1.24. The fourth-order valence-corrected chi connectivity index (χ4v) is 5.86. The zero-order chi connectivity index (χ0) is 29.8. The fraction of sp³-hybridized carbons (Fsp3) is 0.571. The van der Waals surface area contributed by atoms with Gasteiger partial charge in [-0.05, 0) is 56.1 Å². The molecule has 0 saturated carbocycles. The second-order valence-electron chi connectivity index (χ2n) is 11.5. The monoisotopic (exact) mass is 595 g/mol. The Morgan fingerprint density at radius 3 is 2.02 bits per heavy atom. The van der Waals surface area contributed by atoms with Gasteiger partial charge >= 0.3 is 5.97 Å². The van der Waals surface area contributed by atoms with E-state index in [9.17, 15) is 14.4 Å². The van der Waals surface area contributed by atoms with E-state index in [0.717, 1.165) is 57.1 Å². The summed E-state index contributed by atoms with van der Waals surface area (Å²) in [5, 5.41) is 0. The van der Waals surface area contributed by atoms with E-state index in [2.05, 4.69) is 21.6 Å². The molecule has 230 valence electrons. The van der Waals surface area contributed by atoms with E-state index in [-0.39, 0.29) is 12.2 Å². The van der Waals surface area contributed by atoms with Crippen molar-refractivity contribution in [1.29, 1.82) is 0 Å². The van der Waals surface area contributed by atoms with Crippen LogP contribution in [-0.2, 0) is 30.1 Å². The molecule has 7 heteroatoms. The van der Waals surface area contributed by atoms with Crippen molar-refractivity contribution in [3.63, 3.8) is 0 Å². The molecule has 2 aromatic carbocycles. The Morgan fingerprint density at radius 2 is 1.38 bits per heavy atom. The van der Waals surface area contributed by atoms with Crippen LogP contribution in [0.4, 0.5) is 0 Å². The predicted octanol–water partition coefficient (Wildman–Crippen LogP) is 7.95. The Kier molecular flexibility index (Phi) is 16.5. The van der Waals surface area contributed by atoms with Crippen LogP contribution in [0.25, 0.3) is 0 Å². The molecule has 0 bridgehead atoms. The minimum atomic E-state index is -0.702. The quantitative estimate of drug-likeness (QED) is 0.0672. The SMILES string of the molecule is O=C(CCCCCCCCCCCCOP)C(=O)N1CCCCC1C(=O)OC(CCc1ccccc1)c1ccccc1. The van der Waals surface area contributed by atoms with E-state index in [1.165, 1.54) is 49.0 Å². The van der Waals surface area contributed by atoms with Gasteiger partial charge in [0.1, 0.15) is 12.1 Å². The maximum absolute atomic E-state index is 13.5. The third-order valence-electron chi connectivity index (χ3n) is 8.16. The van der Waals surface area contributed by atoms with Gasteiger partial charge in [0.15, 0.2) is 0 Å². The molecule has 1 saturated heterocycles. The highest BCUT2D eigenvalue weighted by molar-refractivity contribution is 7.09. The third-order valence-corrected chi connectivity index (χ3v) is 8.39. The van der Waals surface area contributed by atoms with Gasteiger partial charge in [-0.25, -0.2) is 4.79 Å². The highest BCUT2D eigenvalue weighted by Crippen LogP contribution is 2.27. The van der Waals surface area contributed by atoms with Gasteiger partial charge in [0, 0.05) is 22.4 Å². The number of ether oxygens (including phenoxy) is 1. The number of carbonyl (C=O) groups excluding carboxylic acids is 3. The predicted molar refractivity (Wildman–Crippen MR) is 171 cm³/mol. The van der Waals surface area contributed by atoms with Gasteiger partial charge in [-0.15, -0.1) is 0 Å². The lowest BCUT2D eigenvalue weighted by molar-refractivity contribution is -0.163. The molecule has 6 nitrogen and oxygen atoms in total. The maximum atomic E-state index is 13.5. The first-order chi connectivity index (χ1) is 20.6. The van der Waals surface area contributed by atoms with Crippen LogP contribution < -0.4 is 0 Å². The molecule has 1 amide bonds. The molecule has 1 heterocycles. The maximum Gasteiger partial charge on any atom is 0.329 e. The second kappa shape index (κ2) is 20.4. The molecule has 1 fully saturated rings. The number of carbonyl (C=O) groups is 3. The Hall–Kier alpha value is -2.56. The van der Waals surface area contributed by atoms with Crippen LogP contribution in [0.2, 0.25) is 0 Å². The number of amides is 1. The first-order valence-corrected chi connectivity index (χ1v) is 16.5. The molecular formula is C35H50NO5P. The molecule has 3 atom stereocenters. The number of esters is 1. The number of hydrogen-bond acceptors (Lipinski definition) is 5. The number of benzene rings is 2. The number of rotatable bonds is 20. The van der Waals surface area contributed by atoms with Crippen LogP contribution in [0.3, 0.4) is 0 Å². The first-order valence-electron chi connectivity index (χ1n) is 16.0. The van der Waals surface area contributed by atoms with E-state index < -0.39 is 24.0 Å². The van der Waals surface area contributed by atoms with Crippen molar-refractivity contribution >= 4 is 27.1 Å². The molecule has 42 heavy (non-hydrogen) atoms. The summed E-state index contributed by atoms with van der Waals surface area (Å²) in [6, 6.07) is 19.2. The summed E-state index contributed by atoms with van der Waals surface area (Å²) >= 11 is 0. The average molecular weight is 596 g/mol. The van der Waals surface area contributed by atoms with E-state index in [1.807, 2.05) is 48.5 Å². The van der Waals surface area contributed by atoms with E-state index in [4.69, 9.17) is 9.26 Å². The number of hydrogen-bond donors (Lipinski definition) is 0. The summed E-state index contributed by atoms with van der Waals surface area (Å²) in [7, 11) is 2.30. The van der Waals surface area contributed by atoms with Crippen LogP contribution in [-0.4, -0.2) is 41.8 Å². The van der Waals surface area contributed by atoms with Gasteiger partial charge < -0.3 is 14.2 Å². The average Bonchev–Trinajstić information content (AvgIpc) is 3.03. The standard InChI is InChI=1S/C35H50NO5P/c37-32(24-15-7-5-3-1-2-4-6-8-18-28-40-42)34(38)36-27-17-16-23-31(36)35(39)41-33(30-21-13-10-14-22-30)26-25-29-19-11-9-12-20-29/h9-14,19-22,31,33H,1-8,15-18,23-28,42H2. The lowest BCUT2D eigenvalue weighted by Crippen LogP contribution is -2.51. The lowest BCUT2D eigenvalue weighted by Gasteiger charge is -2.34. The summed E-state index contributed by atoms with van der Waals surface area (Å²) < 4.78 is 11.1. The minimum Gasteiger partial charge on any atom is -0.456 e. The lowest BCUT2D eigenvalue weighted by atomic mass is 9.99. The van der Waals surface area contributed by atoms with Crippen LogP contribution >= 0.6 is 9.47 Å². The Morgan fingerprint density at radius 1 is 0.786 bits per heavy atom. The molecule has 3 rings (SSSR count). The van der Waals surface area contributed by atoms with Crippen molar-refractivity contribution in [2.24, 2.45) is 0 Å². The van der Waals surface area contributed by atoms with Crippen molar-refractivity contribution in [2.75, 3.05) is 13.2 Å². The molecule has 2 aromatic rings. The first kappa shape index (κ1) is 33.9. The second-order valence-corrected chi connectivity index (χ2v) is 11.8. The topological polar surface area (TPSA) is 72.9 Å². The number of piperidine rings is 1. The largest absolute Gasteiger partial charge is 0.456 e. The smallest absolute Gasteiger partial charge is 0.329 e. The van der Waals surface area contributed by atoms with Gasteiger partial charge in [0.2, 0.25) is 5.78 Å². The van der Waals surface area contributed by atoms with Crippen LogP contribution in [0, 0.1) is 0 Å². The normalized spacial score (nSPS) is 15.7. The van der Waals surface area contributed by atoms with Gasteiger partial charge in [0.25, 0.3) is 5.91 Å². The zero-order valence-corrected chi connectivity index (χ0v) is 26.4. The van der Waals surface area contributed by atoms with Gasteiger partial charge in [-0.1, -0.05) is 112 Å². The summed E-state index contributed by atoms with van der Waals surface area (Å²) in [4.78, 5) is 41.0. The van der Waals surface area contributed by atoms with Crippen molar-refractivity contribution in [2.45, 2.75) is 115 Å².